The Labute approximate surface area is 138 Å². The third-order valence-electron chi connectivity index (χ3n) is 3.27. The molecule has 114 valence electrons. The summed E-state index contributed by atoms with van der Waals surface area (Å²) in [6.45, 7) is 0. The second kappa shape index (κ2) is 5.29. The van der Waals surface area contributed by atoms with Crippen LogP contribution in [0.1, 0.15) is 0 Å². The highest BCUT2D eigenvalue weighted by Gasteiger charge is 2.12. The molecule has 4 rings (SSSR count). The number of benzene rings is 2. The summed E-state index contributed by atoms with van der Waals surface area (Å²) in [5, 5.41) is 8.25. The summed E-state index contributed by atoms with van der Waals surface area (Å²) in [6, 6.07) is 11.2. The van der Waals surface area contributed by atoms with Gasteiger partial charge in [0.1, 0.15) is 5.82 Å². The van der Waals surface area contributed by atoms with Gasteiger partial charge in [0.15, 0.2) is 0 Å². The molecule has 0 aliphatic heterocycles. The number of nitrogens with zero attached hydrogens (tertiary/aromatic N) is 3. The van der Waals surface area contributed by atoms with Crippen molar-refractivity contribution in [3.05, 3.63) is 63.7 Å². The van der Waals surface area contributed by atoms with E-state index in [1.807, 2.05) is 0 Å². The summed E-state index contributed by atoms with van der Waals surface area (Å²) in [6.07, 6.45) is 0. The first-order valence-electron chi connectivity index (χ1n) is 6.62. The van der Waals surface area contributed by atoms with Crippen LogP contribution in [0.15, 0.2) is 47.3 Å². The average molecular weight is 347 g/mol. The third-order valence-corrected chi connectivity index (χ3v) is 4.33. The van der Waals surface area contributed by atoms with E-state index in [4.69, 9.17) is 11.6 Å². The topological polar surface area (TPSA) is 59.3 Å². The van der Waals surface area contributed by atoms with E-state index in [0.717, 1.165) is 11.3 Å². The van der Waals surface area contributed by atoms with Crippen molar-refractivity contribution in [2.75, 3.05) is 5.32 Å². The number of aromatic nitrogens is 3. The van der Waals surface area contributed by atoms with E-state index in [1.165, 1.54) is 10.6 Å². The van der Waals surface area contributed by atoms with Crippen LogP contribution >= 0.6 is 22.9 Å². The highest BCUT2D eigenvalue weighted by molar-refractivity contribution is 7.20. The third kappa shape index (κ3) is 2.43. The molecule has 0 aliphatic rings. The van der Waals surface area contributed by atoms with Gasteiger partial charge in [-0.05, 0) is 30.3 Å². The van der Waals surface area contributed by atoms with E-state index in [0.29, 0.717) is 26.0 Å². The zero-order valence-electron chi connectivity index (χ0n) is 11.5. The van der Waals surface area contributed by atoms with Gasteiger partial charge in [-0.2, -0.15) is 4.52 Å². The monoisotopic (exact) mass is 346 g/mol. The Morgan fingerprint density at radius 1 is 1.22 bits per heavy atom. The minimum Gasteiger partial charge on any atom is -0.328 e. The predicted octanol–water partition coefficient (Wildman–Crippen LogP) is 3.84. The molecule has 23 heavy (non-hydrogen) atoms. The summed E-state index contributed by atoms with van der Waals surface area (Å²) >= 11 is 7.09. The highest BCUT2D eigenvalue weighted by Crippen LogP contribution is 2.24. The first kappa shape index (κ1) is 14.1. The fourth-order valence-electron chi connectivity index (χ4n) is 2.21. The standard InChI is InChI=1S/C15H8ClFN4OS/c16-8-5-6-11-9(7-8)13(22)21-15(19-11)23-14(20-21)18-12-4-2-1-3-10(12)17/h1-7H,(H,18,20). The maximum Gasteiger partial charge on any atom is 0.283 e. The van der Waals surface area contributed by atoms with Gasteiger partial charge in [0, 0.05) is 5.02 Å². The first-order valence-corrected chi connectivity index (χ1v) is 7.82. The number of nitrogens with one attached hydrogen (secondary N) is 1. The molecular formula is C15H8ClFN4OS. The smallest absolute Gasteiger partial charge is 0.283 e. The van der Waals surface area contributed by atoms with Crippen LogP contribution in [0.3, 0.4) is 0 Å². The van der Waals surface area contributed by atoms with Crippen molar-refractivity contribution in [3.63, 3.8) is 0 Å². The molecule has 0 aliphatic carbocycles. The Bertz CT molecular complexity index is 1110. The number of rotatable bonds is 2. The van der Waals surface area contributed by atoms with Crippen LogP contribution < -0.4 is 10.9 Å². The molecule has 0 unspecified atom stereocenters. The van der Waals surface area contributed by atoms with Crippen molar-refractivity contribution in [3.8, 4) is 0 Å². The van der Waals surface area contributed by atoms with Crippen LogP contribution in [0.25, 0.3) is 15.9 Å². The molecule has 0 amide bonds. The minimum absolute atomic E-state index is 0.284. The lowest BCUT2D eigenvalue weighted by atomic mass is 10.2. The molecule has 0 spiro atoms. The molecule has 5 nitrogen and oxygen atoms in total. The van der Waals surface area contributed by atoms with Crippen LogP contribution in [-0.2, 0) is 0 Å². The van der Waals surface area contributed by atoms with Gasteiger partial charge < -0.3 is 5.32 Å². The highest BCUT2D eigenvalue weighted by atomic mass is 35.5. The molecule has 1 N–H and O–H groups in total. The normalized spacial score (nSPS) is 11.2. The van der Waals surface area contributed by atoms with E-state index in [2.05, 4.69) is 15.4 Å². The van der Waals surface area contributed by atoms with Gasteiger partial charge in [-0.25, -0.2) is 9.37 Å². The molecule has 2 aromatic carbocycles. The second-order valence-electron chi connectivity index (χ2n) is 4.78. The molecule has 0 saturated carbocycles. The SMILES string of the molecule is O=c1c2cc(Cl)ccc2nc2sc(Nc3ccccc3F)nn12. The largest absolute Gasteiger partial charge is 0.328 e. The predicted molar refractivity (Wildman–Crippen MR) is 89.3 cm³/mol. The molecular weight excluding hydrogens is 339 g/mol. The summed E-state index contributed by atoms with van der Waals surface area (Å²) in [7, 11) is 0. The van der Waals surface area contributed by atoms with E-state index in [-0.39, 0.29) is 11.2 Å². The quantitative estimate of drug-likeness (QED) is 0.599. The number of halogens is 2. The first-order chi connectivity index (χ1) is 11.1. The lowest BCUT2D eigenvalue weighted by Gasteiger charge is -2.01. The van der Waals surface area contributed by atoms with Crippen LogP contribution in [0.4, 0.5) is 15.2 Å². The molecule has 0 fully saturated rings. The van der Waals surface area contributed by atoms with E-state index in [9.17, 15) is 9.18 Å². The average Bonchev–Trinajstić information content (AvgIpc) is 2.93. The molecule has 2 heterocycles. The van der Waals surface area contributed by atoms with Crippen molar-refractivity contribution in [1.29, 1.82) is 0 Å². The molecule has 0 radical (unpaired) electrons. The Balaban J connectivity index is 1.88. The van der Waals surface area contributed by atoms with Gasteiger partial charge in [0.2, 0.25) is 10.1 Å². The van der Waals surface area contributed by atoms with Crippen molar-refractivity contribution >= 4 is 49.6 Å². The molecule has 4 aromatic rings. The van der Waals surface area contributed by atoms with Gasteiger partial charge in [-0.15, -0.1) is 5.10 Å². The van der Waals surface area contributed by atoms with E-state index in [1.54, 1.807) is 36.4 Å². The second-order valence-corrected chi connectivity index (χ2v) is 6.18. The lowest BCUT2D eigenvalue weighted by molar-refractivity contribution is 0.632. The molecule has 0 atom stereocenters. The van der Waals surface area contributed by atoms with Gasteiger partial charge in [-0.1, -0.05) is 35.1 Å². The number of para-hydroxylation sites is 1. The zero-order valence-corrected chi connectivity index (χ0v) is 13.0. The van der Waals surface area contributed by atoms with Crippen LogP contribution in [0.5, 0.6) is 0 Å². The van der Waals surface area contributed by atoms with Crippen LogP contribution in [0.2, 0.25) is 5.02 Å². The summed E-state index contributed by atoms with van der Waals surface area (Å²) < 4.78 is 14.9. The van der Waals surface area contributed by atoms with Crippen molar-refractivity contribution < 1.29 is 4.39 Å². The summed E-state index contributed by atoms with van der Waals surface area (Å²) in [4.78, 5) is 17.3. The molecule has 0 saturated heterocycles. The summed E-state index contributed by atoms with van der Waals surface area (Å²) in [5.41, 5.74) is 0.512. The Morgan fingerprint density at radius 2 is 2.04 bits per heavy atom. The molecule has 2 aromatic heterocycles. The van der Waals surface area contributed by atoms with Gasteiger partial charge in [0.05, 0.1) is 16.6 Å². The van der Waals surface area contributed by atoms with E-state index < -0.39 is 5.82 Å². The zero-order chi connectivity index (χ0) is 16.0. The van der Waals surface area contributed by atoms with Crippen LogP contribution in [-0.4, -0.2) is 14.6 Å². The van der Waals surface area contributed by atoms with Crippen molar-refractivity contribution in [2.24, 2.45) is 0 Å². The van der Waals surface area contributed by atoms with Gasteiger partial charge in [-0.3, -0.25) is 4.79 Å². The number of hydrogen-bond acceptors (Lipinski definition) is 5. The number of anilines is 2. The summed E-state index contributed by atoms with van der Waals surface area (Å²) in [5.74, 6) is -0.399. The lowest BCUT2D eigenvalue weighted by Crippen LogP contribution is -2.15. The minimum atomic E-state index is -0.399. The maximum absolute atomic E-state index is 13.7. The maximum atomic E-state index is 13.7. The Morgan fingerprint density at radius 3 is 2.87 bits per heavy atom. The van der Waals surface area contributed by atoms with Crippen molar-refractivity contribution in [2.45, 2.75) is 0 Å². The van der Waals surface area contributed by atoms with Crippen molar-refractivity contribution in [1.82, 2.24) is 14.6 Å². The fraction of sp³-hybridized carbons (Fsp3) is 0. The van der Waals surface area contributed by atoms with Gasteiger partial charge in [0.25, 0.3) is 5.56 Å². The molecule has 8 heteroatoms. The van der Waals surface area contributed by atoms with Gasteiger partial charge >= 0.3 is 0 Å². The van der Waals surface area contributed by atoms with E-state index >= 15 is 0 Å². The van der Waals surface area contributed by atoms with Crippen LogP contribution in [0, 0.1) is 5.82 Å². The fourth-order valence-corrected chi connectivity index (χ4v) is 3.19. The number of hydrogen-bond donors (Lipinski definition) is 1. The Hall–Kier alpha value is -2.51. The Kier molecular flexibility index (Phi) is 3.24. The molecule has 0 bridgehead atoms. The number of fused-ring (bicyclic) bond motifs is 2.